The van der Waals surface area contributed by atoms with Crippen molar-refractivity contribution in [3.63, 3.8) is 0 Å². The van der Waals surface area contributed by atoms with Crippen molar-refractivity contribution in [2.24, 2.45) is 0 Å². The van der Waals surface area contributed by atoms with Crippen molar-refractivity contribution in [2.75, 3.05) is 0 Å². The van der Waals surface area contributed by atoms with Crippen LogP contribution in [0.25, 0.3) is 32.6 Å². The maximum Gasteiger partial charge on any atom is 0.214 e. The average molecular weight is 423 g/mol. The van der Waals surface area contributed by atoms with Gasteiger partial charge in [-0.1, -0.05) is 59.9 Å². The molecule has 0 radical (unpaired) electrons. The molecular weight excluding hydrogens is 412 g/mol. The lowest BCUT2D eigenvalue weighted by molar-refractivity contribution is 0.753. The third-order valence-electron chi connectivity index (χ3n) is 3.89. The van der Waals surface area contributed by atoms with Crippen LogP contribution in [-0.4, -0.2) is 29.6 Å². The van der Waals surface area contributed by atoms with Crippen molar-refractivity contribution in [3.05, 3.63) is 71.5 Å². The molecule has 5 aromatic rings. The molecule has 3 aromatic heterocycles. The normalized spacial score (nSPS) is 11.3. The van der Waals surface area contributed by atoms with Gasteiger partial charge in [0.2, 0.25) is 4.96 Å². The maximum absolute atomic E-state index is 4.71. The second-order valence-corrected chi connectivity index (χ2v) is 7.28. The number of aromatic nitrogens is 6. The van der Waals surface area contributed by atoms with Gasteiger partial charge in [-0.25, -0.2) is 4.98 Å². The highest BCUT2D eigenvalue weighted by Crippen LogP contribution is 2.33. The highest BCUT2D eigenvalue weighted by Gasteiger charge is 2.18. The van der Waals surface area contributed by atoms with E-state index in [0.29, 0.717) is 0 Å². The van der Waals surface area contributed by atoms with Crippen LogP contribution in [0.1, 0.15) is 0 Å². The molecular formula is C18H11BrN6S. The van der Waals surface area contributed by atoms with Gasteiger partial charge < -0.3 is 0 Å². The molecule has 3 heterocycles. The lowest BCUT2D eigenvalue weighted by atomic mass is 10.2. The van der Waals surface area contributed by atoms with Crippen LogP contribution in [0.15, 0.2) is 71.5 Å². The van der Waals surface area contributed by atoms with E-state index in [1.54, 1.807) is 15.5 Å². The number of imidazole rings is 1. The van der Waals surface area contributed by atoms with Crippen LogP contribution in [0.2, 0.25) is 0 Å². The zero-order chi connectivity index (χ0) is 17.5. The minimum absolute atomic E-state index is 0.720. The summed E-state index contributed by atoms with van der Waals surface area (Å²) < 4.78 is 2.63. The summed E-state index contributed by atoms with van der Waals surface area (Å²) >= 11 is 5.10. The van der Waals surface area contributed by atoms with Gasteiger partial charge in [-0.2, -0.15) is 19.5 Å². The molecule has 0 N–H and O–H groups in total. The topological polar surface area (TPSA) is 60.9 Å². The van der Waals surface area contributed by atoms with Gasteiger partial charge in [0.05, 0.1) is 11.9 Å². The number of nitrogens with zero attached hydrogens (tertiary/aromatic N) is 6. The van der Waals surface area contributed by atoms with Crippen LogP contribution >= 0.6 is 27.3 Å². The Bertz CT molecular complexity index is 1190. The van der Waals surface area contributed by atoms with Crippen molar-refractivity contribution in [2.45, 2.75) is 0 Å². The van der Waals surface area contributed by atoms with E-state index in [1.807, 2.05) is 60.7 Å². The SMILES string of the molecule is Brc1c(-c2ccccc2)nc2sc(-c3cnn(-c4ccccc4)n3)nn12. The van der Waals surface area contributed by atoms with Crippen LogP contribution in [0.4, 0.5) is 0 Å². The van der Waals surface area contributed by atoms with Gasteiger partial charge in [0, 0.05) is 5.56 Å². The van der Waals surface area contributed by atoms with Crippen LogP contribution in [0.5, 0.6) is 0 Å². The molecule has 0 unspecified atom stereocenters. The Morgan fingerprint density at radius 1 is 0.885 bits per heavy atom. The minimum Gasteiger partial charge on any atom is -0.216 e. The molecule has 5 rings (SSSR count). The molecule has 0 bridgehead atoms. The van der Waals surface area contributed by atoms with Crippen molar-refractivity contribution in [3.8, 4) is 27.6 Å². The molecule has 0 aliphatic heterocycles. The first-order valence-corrected chi connectivity index (χ1v) is 9.49. The lowest BCUT2D eigenvalue weighted by Gasteiger charge is -1.97. The number of fused-ring (bicyclic) bond motifs is 1. The first-order chi connectivity index (χ1) is 12.8. The van der Waals surface area contributed by atoms with Gasteiger partial charge in [0.25, 0.3) is 0 Å². The van der Waals surface area contributed by atoms with Crippen LogP contribution < -0.4 is 0 Å². The molecule has 126 valence electrons. The monoisotopic (exact) mass is 422 g/mol. The molecule has 0 amide bonds. The molecule has 0 aliphatic carbocycles. The van der Waals surface area contributed by atoms with Crippen molar-refractivity contribution in [1.82, 2.24) is 29.6 Å². The predicted molar refractivity (Wildman–Crippen MR) is 104 cm³/mol. The molecule has 2 aromatic carbocycles. The Kier molecular flexibility index (Phi) is 3.65. The summed E-state index contributed by atoms with van der Waals surface area (Å²) in [6.45, 7) is 0. The first kappa shape index (κ1) is 15.4. The number of para-hydroxylation sites is 1. The summed E-state index contributed by atoms with van der Waals surface area (Å²) in [5.41, 5.74) is 3.56. The summed E-state index contributed by atoms with van der Waals surface area (Å²) in [5.74, 6) is 0. The molecule has 0 fully saturated rings. The van der Waals surface area contributed by atoms with Gasteiger partial charge >= 0.3 is 0 Å². The van der Waals surface area contributed by atoms with E-state index >= 15 is 0 Å². The van der Waals surface area contributed by atoms with Crippen LogP contribution in [0.3, 0.4) is 0 Å². The highest BCUT2D eigenvalue weighted by molar-refractivity contribution is 9.10. The molecule has 26 heavy (non-hydrogen) atoms. The molecule has 0 saturated heterocycles. The Morgan fingerprint density at radius 2 is 1.62 bits per heavy atom. The van der Waals surface area contributed by atoms with E-state index in [-0.39, 0.29) is 0 Å². The number of hydrogen-bond donors (Lipinski definition) is 0. The zero-order valence-corrected chi connectivity index (χ0v) is 15.7. The summed E-state index contributed by atoms with van der Waals surface area (Å²) in [7, 11) is 0. The lowest BCUT2D eigenvalue weighted by Crippen LogP contribution is -1.97. The summed E-state index contributed by atoms with van der Waals surface area (Å²) in [6, 6.07) is 19.8. The Balaban J connectivity index is 1.54. The number of benzene rings is 2. The van der Waals surface area contributed by atoms with E-state index < -0.39 is 0 Å². The fourth-order valence-corrected chi connectivity index (χ4v) is 4.19. The largest absolute Gasteiger partial charge is 0.216 e. The Morgan fingerprint density at radius 3 is 2.35 bits per heavy atom. The average Bonchev–Trinajstić information content (AvgIpc) is 3.39. The zero-order valence-electron chi connectivity index (χ0n) is 13.3. The molecule has 0 aliphatic rings. The van der Waals surface area contributed by atoms with Gasteiger partial charge in [-0.15, -0.1) is 5.10 Å². The van der Waals surface area contributed by atoms with Crippen LogP contribution in [0, 0.1) is 0 Å². The fraction of sp³-hybridized carbons (Fsp3) is 0. The van der Waals surface area contributed by atoms with Gasteiger partial charge in [-0.3, -0.25) is 0 Å². The van der Waals surface area contributed by atoms with E-state index in [4.69, 9.17) is 4.98 Å². The molecule has 0 atom stereocenters. The predicted octanol–water partition coefficient (Wildman–Crippen LogP) is 4.47. The van der Waals surface area contributed by atoms with Gasteiger partial charge in [0.1, 0.15) is 16.0 Å². The smallest absolute Gasteiger partial charge is 0.214 e. The Hall–Kier alpha value is -2.84. The van der Waals surface area contributed by atoms with Gasteiger partial charge in [0.15, 0.2) is 5.01 Å². The van der Waals surface area contributed by atoms with E-state index in [0.717, 1.165) is 37.2 Å². The number of hydrogen-bond acceptors (Lipinski definition) is 5. The molecule has 0 saturated carbocycles. The van der Waals surface area contributed by atoms with Crippen molar-refractivity contribution < 1.29 is 0 Å². The second kappa shape index (κ2) is 6.15. The Labute approximate surface area is 160 Å². The van der Waals surface area contributed by atoms with E-state index in [1.165, 1.54) is 11.3 Å². The van der Waals surface area contributed by atoms with E-state index in [9.17, 15) is 0 Å². The van der Waals surface area contributed by atoms with Crippen molar-refractivity contribution in [1.29, 1.82) is 0 Å². The standard InChI is InChI=1S/C18H11BrN6S/c19-16-15(12-7-3-1-4-8-12)21-18-24(16)23-17(26-18)14-11-20-25(22-14)13-9-5-2-6-10-13/h1-11H. The minimum atomic E-state index is 0.720. The molecule has 8 heteroatoms. The third-order valence-corrected chi connectivity index (χ3v) is 5.54. The van der Waals surface area contributed by atoms with E-state index in [2.05, 4.69) is 31.2 Å². The first-order valence-electron chi connectivity index (χ1n) is 7.88. The molecule has 6 nitrogen and oxygen atoms in total. The molecule has 0 spiro atoms. The van der Waals surface area contributed by atoms with Crippen LogP contribution in [-0.2, 0) is 0 Å². The summed E-state index contributed by atoms with van der Waals surface area (Å²) in [5, 5.41) is 14.3. The number of halogens is 1. The van der Waals surface area contributed by atoms with Crippen molar-refractivity contribution >= 4 is 32.2 Å². The highest BCUT2D eigenvalue weighted by atomic mass is 79.9. The summed E-state index contributed by atoms with van der Waals surface area (Å²) in [6.07, 6.45) is 1.72. The second-order valence-electron chi connectivity index (χ2n) is 5.57. The maximum atomic E-state index is 4.71. The summed E-state index contributed by atoms with van der Waals surface area (Å²) in [4.78, 5) is 7.12. The number of rotatable bonds is 3. The fourth-order valence-electron chi connectivity index (χ4n) is 2.65. The van der Waals surface area contributed by atoms with Gasteiger partial charge in [-0.05, 0) is 28.1 Å². The quantitative estimate of drug-likeness (QED) is 0.430. The third kappa shape index (κ3) is 2.54.